The largest absolute Gasteiger partial charge is 0.486 e. The number of rotatable bonds is 10. The van der Waals surface area contributed by atoms with E-state index >= 15 is 0 Å². The number of nitrogens with zero attached hydrogens (tertiary/aromatic N) is 2. The summed E-state index contributed by atoms with van der Waals surface area (Å²) < 4.78 is 11.1. The molecule has 3 rings (SSSR count). The van der Waals surface area contributed by atoms with E-state index in [9.17, 15) is 14.4 Å². The van der Waals surface area contributed by atoms with Crippen LogP contribution in [0.1, 0.15) is 69.2 Å². The van der Waals surface area contributed by atoms with Crippen molar-refractivity contribution in [3.63, 3.8) is 0 Å². The number of carbonyl (C=O) groups is 3. The van der Waals surface area contributed by atoms with E-state index in [1.165, 1.54) is 0 Å². The lowest BCUT2D eigenvalue weighted by Gasteiger charge is -2.31. The zero-order chi connectivity index (χ0) is 22.9. The maximum atomic E-state index is 12.9. The van der Waals surface area contributed by atoms with Gasteiger partial charge >= 0.3 is 0 Å². The van der Waals surface area contributed by atoms with Gasteiger partial charge in [0.05, 0.1) is 0 Å². The number of ether oxygens (including phenoxy) is 2. The Morgan fingerprint density at radius 2 is 1.62 bits per heavy atom. The van der Waals surface area contributed by atoms with E-state index in [1.807, 2.05) is 9.80 Å². The van der Waals surface area contributed by atoms with Gasteiger partial charge in [0.1, 0.15) is 13.2 Å². The van der Waals surface area contributed by atoms with Gasteiger partial charge in [-0.15, -0.1) is 0 Å². The predicted octanol–water partition coefficient (Wildman–Crippen LogP) is 3.70. The number of carbonyl (C=O) groups excluding carboxylic acids is 3. The Bertz CT molecular complexity index is 796. The minimum atomic E-state index is -0.0835. The number of Topliss-reactive ketones (excluding diaryl/α,β-unsaturated/α-hetero) is 1. The Morgan fingerprint density at radius 3 is 2.28 bits per heavy atom. The number of benzene rings is 1. The lowest BCUT2D eigenvalue weighted by molar-refractivity contribution is -0.133. The van der Waals surface area contributed by atoms with Crippen molar-refractivity contribution in [1.29, 1.82) is 0 Å². The number of piperidine rings is 1. The third-order valence-corrected chi connectivity index (χ3v) is 6.17. The molecule has 0 N–H and O–H groups in total. The van der Waals surface area contributed by atoms with E-state index in [-0.39, 0.29) is 23.5 Å². The minimum absolute atomic E-state index is 0.0835. The Morgan fingerprint density at radius 1 is 0.969 bits per heavy atom. The highest BCUT2D eigenvalue weighted by Gasteiger charge is 2.28. The van der Waals surface area contributed by atoms with Crippen molar-refractivity contribution in [2.24, 2.45) is 5.92 Å². The molecule has 2 amide bonds. The van der Waals surface area contributed by atoms with Crippen LogP contribution in [0.2, 0.25) is 0 Å². The molecule has 0 radical (unpaired) electrons. The van der Waals surface area contributed by atoms with Gasteiger partial charge in [-0.2, -0.15) is 0 Å². The van der Waals surface area contributed by atoms with Crippen molar-refractivity contribution in [2.75, 3.05) is 39.4 Å². The monoisotopic (exact) mass is 444 g/mol. The molecule has 7 nitrogen and oxygen atoms in total. The first-order valence-electron chi connectivity index (χ1n) is 12.0. The highest BCUT2D eigenvalue weighted by atomic mass is 16.6. The molecule has 0 unspecified atom stereocenters. The fraction of sp³-hybridized carbons (Fsp3) is 0.640. The maximum Gasteiger partial charge on any atom is 0.222 e. The Labute approximate surface area is 191 Å². The van der Waals surface area contributed by atoms with Crippen molar-refractivity contribution >= 4 is 17.6 Å². The van der Waals surface area contributed by atoms with Gasteiger partial charge in [-0.1, -0.05) is 13.8 Å². The summed E-state index contributed by atoms with van der Waals surface area (Å²) >= 11 is 0. The summed E-state index contributed by atoms with van der Waals surface area (Å²) in [6.45, 7) is 7.90. The van der Waals surface area contributed by atoms with Gasteiger partial charge in [-0.05, 0) is 50.3 Å². The number of hydrogen-bond acceptors (Lipinski definition) is 5. The molecule has 1 aromatic rings. The summed E-state index contributed by atoms with van der Waals surface area (Å²) in [4.78, 5) is 41.6. The van der Waals surface area contributed by atoms with Crippen LogP contribution in [-0.2, 0) is 9.59 Å². The van der Waals surface area contributed by atoms with Crippen molar-refractivity contribution < 1.29 is 23.9 Å². The van der Waals surface area contributed by atoms with Gasteiger partial charge in [-0.25, -0.2) is 0 Å². The number of ketones is 1. The lowest BCUT2D eigenvalue weighted by atomic mass is 9.88. The molecule has 0 aliphatic carbocycles. The van der Waals surface area contributed by atoms with E-state index in [2.05, 4.69) is 13.8 Å². The normalized spacial score (nSPS) is 16.0. The Kier molecular flexibility index (Phi) is 8.94. The summed E-state index contributed by atoms with van der Waals surface area (Å²) in [5.41, 5.74) is 0.640. The second kappa shape index (κ2) is 11.9. The van der Waals surface area contributed by atoms with Gasteiger partial charge < -0.3 is 19.3 Å². The topological polar surface area (TPSA) is 76.2 Å². The van der Waals surface area contributed by atoms with Crippen molar-refractivity contribution in [3.05, 3.63) is 23.8 Å². The van der Waals surface area contributed by atoms with E-state index in [4.69, 9.17) is 9.47 Å². The van der Waals surface area contributed by atoms with Crippen LogP contribution in [0, 0.1) is 5.92 Å². The molecule has 2 heterocycles. The third kappa shape index (κ3) is 6.24. The van der Waals surface area contributed by atoms with Crippen LogP contribution in [0.15, 0.2) is 18.2 Å². The van der Waals surface area contributed by atoms with Crippen LogP contribution < -0.4 is 9.47 Å². The van der Waals surface area contributed by atoms with Crippen LogP contribution in [0.4, 0.5) is 0 Å². The second-order valence-electron chi connectivity index (χ2n) is 8.61. The average Bonchev–Trinajstić information content (AvgIpc) is 2.83. The van der Waals surface area contributed by atoms with Crippen LogP contribution in [0.25, 0.3) is 0 Å². The molecule has 0 aromatic heterocycles. The summed E-state index contributed by atoms with van der Waals surface area (Å²) in [6, 6.07) is 5.36. The highest BCUT2D eigenvalue weighted by molar-refractivity contribution is 5.98. The number of fused-ring (bicyclic) bond motifs is 1. The quantitative estimate of drug-likeness (QED) is 0.515. The second-order valence-corrected chi connectivity index (χ2v) is 8.61. The molecular formula is C25H36N2O5. The number of likely N-dealkylation sites (tertiary alicyclic amines) is 1. The SMILES string of the molecule is CCCN(CCC)C(=O)CCCC(=O)N1CCC(C(=O)c2ccc3c(c2)OCCO3)CC1. The van der Waals surface area contributed by atoms with Gasteiger partial charge in [-0.3, -0.25) is 14.4 Å². The molecule has 2 aliphatic heterocycles. The predicted molar refractivity (Wildman–Crippen MR) is 122 cm³/mol. The van der Waals surface area contributed by atoms with Crippen LogP contribution >= 0.6 is 0 Å². The molecule has 0 atom stereocenters. The van der Waals surface area contributed by atoms with Crippen LogP contribution in [-0.4, -0.2) is 66.8 Å². The molecule has 0 bridgehead atoms. The molecule has 0 spiro atoms. The molecule has 2 aliphatic rings. The van der Waals surface area contributed by atoms with Crippen molar-refractivity contribution in [2.45, 2.75) is 58.8 Å². The fourth-order valence-corrected chi connectivity index (χ4v) is 4.43. The summed E-state index contributed by atoms with van der Waals surface area (Å²) in [6.07, 6.45) is 4.62. The maximum absolute atomic E-state index is 12.9. The zero-order valence-electron chi connectivity index (χ0n) is 19.4. The van der Waals surface area contributed by atoms with E-state index < -0.39 is 0 Å². The third-order valence-electron chi connectivity index (χ3n) is 6.17. The highest BCUT2D eigenvalue weighted by Crippen LogP contribution is 2.32. The standard InChI is InChI=1S/C25H36N2O5/c1-3-12-26(13-4-2)23(28)6-5-7-24(29)27-14-10-19(11-15-27)25(30)20-8-9-21-22(18-20)32-17-16-31-21/h8-9,18-19H,3-7,10-17H2,1-2H3. The zero-order valence-corrected chi connectivity index (χ0v) is 19.4. The lowest BCUT2D eigenvalue weighted by Crippen LogP contribution is -2.40. The molecule has 0 saturated carbocycles. The molecule has 176 valence electrons. The van der Waals surface area contributed by atoms with Gasteiger partial charge in [0.2, 0.25) is 11.8 Å². The van der Waals surface area contributed by atoms with Crippen molar-refractivity contribution in [1.82, 2.24) is 9.80 Å². The minimum Gasteiger partial charge on any atom is -0.486 e. The summed E-state index contributed by atoms with van der Waals surface area (Å²) in [5, 5.41) is 0. The summed E-state index contributed by atoms with van der Waals surface area (Å²) in [7, 11) is 0. The Hall–Kier alpha value is -2.57. The first-order valence-corrected chi connectivity index (χ1v) is 12.0. The smallest absolute Gasteiger partial charge is 0.222 e. The number of hydrogen-bond donors (Lipinski definition) is 0. The van der Waals surface area contributed by atoms with Gasteiger partial charge in [0.15, 0.2) is 17.3 Å². The average molecular weight is 445 g/mol. The van der Waals surface area contributed by atoms with E-state index in [1.54, 1.807) is 18.2 Å². The Balaban J connectivity index is 1.42. The molecule has 7 heteroatoms. The molecular weight excluding hydrogens is 408 g/mol. The van der Waals surface area contributed by atoms with E-state index in [0.717, 1.165) is 25.9 Å². The fourth-order valence-electron chi connectivity index (χ4n) is 4.43. The molecule has 32 heavy (non-hydrogen) atoms. The first kappa shape index (κ1) is 24.1. The van der Waals surface area contributed by atoms with Crippen molar-refractivity contribution in [3.8, 4) is 11.5 Å². The van der Waals surface area contributed by atoms with Crippen LogP contribution in [0.5, 0.6) is 11.5 Å². The molecule has 1 aromatic carbocycles. The van der Waals surface area contributed by atoms with E-state index in [0.29, 0.717) is 75.5 Å². The number of amides is 2. The molecule has 1 saturated heterocycles. The molecule has 1 fully saturated rings. The van der Waals surface area contributed by atoms with Crippen LogP contribution in [0.3, 0.4) is 0 Å². The van der Waals surface area contributed by atoms with Gasteiger partial charge in [0.25, 0.3) is 0 Å². The summed E-state index contributed by atoms with van der Waals surface area (Å²) in [5.74, 6) is 1.55. The van der Waals surface area contributed by atoms with Gasteiger partial charge in [0, 0.05) is 50.5 Å². The first-order chi connectivity index (χ1) is 15.5.